The molecule has 3 aromatic rings. The molecule has 1 heterocycles. The van der Waals surface area contributed by atoms with Crippen LogP contribution >= 0.6 is 0 Å². The van der Waals surface area contributed by atoms with Gasteiger partial charge in [-0.2, -0.15) is 0 Å². The van der Waals surface area contributed by atoms with Crippen molar-refractivity contribution in [3.05, 3.63) is 88.7 Å². The van der Waals surface area contributed by atoms with Crippen LogP contribution in [0.15, 0.2) is 60.7 Å². The molecule has 0 saturated heterocycles. The lowest BCUT2D eigenvalue weighted by molar-refractivity contribution is 0.0475. The van der Waals surface area contributed by atoms with Gasteiger partial charge in [-0.1, -0.05) is 42.5 Å². The number of ketones is 1. The van der Waals surface area contributed by atoms with E-state index in [4.69, 9.17) is 4.74 Å². The first-order valence-electron chi connectivity index (χ1n) is 9.19. The summed E-state index contributed by atoms with van der Waals surface area (Å²) in [6.45, 7) is 4.30. The number of carbonyl (C=O) groups is 2. The summed E-state index contributed by atoms with van der Waals surface area (Å²) < 4.78 is 7.37. The fourth-order valence-corrected chi connectivity index (χ4v) is 3.26. The molecule has 1 N–H and O–H groups in total. The van der Waals surface area contributed by atoms with Crippen molar-refractivity contribution in [2.24, 2.45) is 0 Å². The van der Waals surface area contributed by atoms with E-state index in [1.165, 1.54) is 5.56 Å². The van der Waals surface area contributed by atoms with Crippen LogP contribution < -0.4 is 5.32 Å². The van der Waals surface area contributed by atoms with Crippen LogP contribution in [0.3, 0.4) is 0 Å². The standard InChI is InChI=1S/C23H24N2O3/c1-16-13-20(17(2)25(16)14-18-9-5-4-6-10-18)22(26)15-28-23(27)19-11-7-8-12-21(19)24-3/h4-13,24H,14-15H2,1-3H3. The molecule has 0 spiro atoms. The fraction of sp³-hybridized carbons (Fsp3) is 0.217. The zero-order valence-electron chi connectivity index (χ0n) is 16.4. The quantitative estimate of drug-likeness (QED) is 0.495. The number of aryl methyl sites for hydroxylation is 1. The highest BCUT2D eigenvalue weighted by atomic mass is 16.5. The van der Waals surface area contributed by atoms with E-state index in [-0.39, 0.29) is 12.4 Å². The number of nitrogens with zero attached hydrogens (tertiary/aromatic N) is 1. The van der Waals surface area contributed by atoms with Crippen molar-refractivity contribution in [1.82, 2.24) is 4.57 Å². The second-order valence-corrected chi connectivity index (χ2v) is 6.65. The van der Waals surface area contributed by atoms with Crippen molar-refractivity contribution in [1.29, 1.82) is 0 Å². The number of hydrogen-bond acceptors (Lipinski definition) is 4. The highest BCUT2D eigenvalue weighted by Crippen LogP contribution is 2.19. The maximum Gasteiger partial charge on any atom is 0.340 e. The summed E-state index contributed by atoms with van der Waals surface area (Å²) in [4.78, 5) is 25.0. The van der Waals surface area contributed by atoms with Gasteiger partial charge < -0.3 is 14.6 Å². The van der Waals surface area contributed by atoms with Crippen molar-refractivity contribution >= 4 is 17.4 Å². The molecule has 0 unspecified atom stereocenters. The monoisotopic (exact) mass is 376 g/mol. The van der Waals surface area contributed by atoms with Crippen LogP contribution in [0.1, 0.15) is 37.7 Å². The predicted molar refractivity (Wildman–Crippen MR) is 110 cm³/mol. The Hall–Kier alpha value is -3.34. The van der Waals surface area contributed by atoms with Crippen LogP contribution in [-0.2, 0) is 11.3 Å². The molecule has 0 fully saturated rings. The Balaban J connectivity index is 1.71. The molecule has 0 atom stereocenters. The van der Waals surface area contributed by atoms with E-state index in [9.17, 15) is 9.59 Å². The van der Waals surface area contributed by atoms with Gasteiger partial charge >= 0.3 is 5.97 Å². The predicted octanol–water partition coefficient (Wildman–Crippen LogP) is 4.23. The summed E-state index contributed by atoms with van der Waals surface area (Å²) in [6.07, 6.45) is 0. The van der Waals surface area contributed by atoms with Gasteiger partial charge in [-0.25, -0.2) is 4.79 Å². The topological polar surface area (TPSA) is 60.3 Å². The number of rotatable bonds is 7. The molecule has 0 bridgehead atoms. The van der Waals surface area contributed by atoms with Crippen molar-refractivity contribution in [3.63, 3.8) is 0 Å². The number of ether oxygens (including phenoxy) is 1. The van der Waals surface area contributed by atoms with E-state index >= 15 is 0 Å². The zero-order chi connectivity index (χ0) is 20.1. The summed E-state index contributed by atoms with van der Waals surface area (Å²) in [5.74, 6) is -0.723. The molecule has 0 aliphatic heterocycles. The highest BCUT2D eigenvalue weighted by molar-refractivity contribution is 6.01. The van der Waals surface area contributed by atoms with Crippen LogP contribution in [0.2, 0.25) is 0 Å². The maximum absolute atomic E-state index is 12.7. The lowest BCUT2D eigenvalue weighted by atomic mass is 10.1. The number of para-hydroxylation sites is 1. The van der Waals surface area contributed by atoms with Crippen LogP contribution in [0, 0.1) is 13.8 Å². The number of anilines is 1. The lowest BCUT2D eigenvalue weighted by Gasteiger charge is -2.10. The molecule has 1 aromatic heterocycles. The fourth-order valence-electron chi connectivity index (χ4n) is 3.26. The third-order valence-electron chi connectivity index (χ3n) is 4.81. The number of nitrogens with one attached hydrogen (secondary N) is 1. The number of hydrogen-bond donors (Lipinski definition) is 1. The minimum Gasteiger partial charge on any atom is -0.454 e. The molecule has 144 valence electrons. The molecular formula is C23H24N2O3. The minimum atomic E-state index is -0.517. The average Bonchev–Trinajstić information content (AvgIpc) is 3.00. The summed E-state index contributed by atoms with van der Waals surface area (Å²) in [6, 6.07) is 19.0. The molecular weight excluding hydrogens is 352 g/mol. The Bertz CT molecular complexity index is 990. The van der Waals surface area contributed by atoms with Crippen molar-refractivity contribution in [3.8, 4) is 0 Å². The summed E-state index contributed by atoms with van der Waals surface area (Å²) >= 11 is 0. The molecule has 0 amide bonds. The van der Waals surface area contributed by atoms with Gasteiger partial charge in [0.1, 0.15) is 0 Å². The second kappa shape index (κ2) is 8.57. The van der Waals surface area contributed by atoms with Gasteiger partial charge in [-0.15, -0.1) is 0 Å². The van der Waals surface area contributed by atoms with E-state index < -0.39 is 5.97 Å². The molecule has 28 heavy (non-hydrogen) atoms. The van der Waals surface area contributed by atoms with E-state index in [2.05, 4.69) is 22.0 Å². The first kappa shape index (κ1) is 19.4. The minimum absolute atomic E-state index is 0.206. The summed E-state index contributed by atoms with van der Waals surface area (Å²) in [5, 5.41) is 2.95. The number of benzene rings is 2. The second-order valence-electron chi connectivity index (χ2n) is 6.65. The van der Waals surface area contributed by atoms with Gasteiger partial charge in [0, 0.05) is 36.2 Å². The normalized spacial score (nSPS) is 10.5. The first-order chi connectivity index (χ1) is 13.5. The Labute approximate surface area is 165 Å². The van der Waals surface area contributed by atoms with Gasteiger partial charge in [0.15, 0.2) is 6.61 Å². The first-order valence-corrected chi connectivity index (χ1v) is 9.19. The summed E-state index contributed by atoms with van der Waals surface area (Å²) in [5.41, 5.74) is 4.70. The van der Waals surface area contributed by atoms with Crippen LogP contribution in [0.5, 0.6) is 0 Å². The maximum atomic E-state index is 12.7. The van der Waals surface area contributed by atoms with Crippen LogP contribution in [-0.4, -0.2) is 30.0 Å². The smallest absolute Gasteiger partial charge is 0.340 e. The largest absolute Gasteiger partial charge is 0.454 e. The van der Waals surface area contributed by atoms with Gasteiger partial charge in [0.25, 0.3) is 0 Å². The van der Waals surface area contributed by atoms with Gasteiger partial charge in [-0.3, -0.25) is 4.79 Å². The molecule has 5 heteroatoms. The van der Waals surface area contributed by atoms with E-state index in [1.807, 2.05) is 44.2 Å². The third kappa shape index (κ3) is 4.14. The van der Waals surface area contributed by atoms with Crippen molar-refractivity contribution in [2.75, 3.05) is 19.0 Å². The Morgan fingerprint density at radius 3 is 2.36 bits per heavy atom. The average molecular weight is 376 g/mol. The number of Topliss-reactive ketones (excluding diaryl/α,β-unsaturated/α-hetero) is 1. The van der Waals surface area contributed by atoms with Crippen molar-refractivity contribution < 1.29 is 14.3 Å². The number of carbonyl (C=O) groups excluding carboxylic acids is 2. The van der Waals surface area contributed by atoms with Crippen molar-refractivity contribution in [2.45, 2.75) is 20.4 Å². The molecule has 5 nitrogen and oxygen atoms in total. The van der Waals surface area contributed by atoms with E-state index in [0.717, 1.165) is 11.4 Å². The SMILES string of the molecule is CNc1ccccc1C(=O)OCC(=O)c1cc(C)n(Cc2ccccc2)c1C. The Kier molecular flexibility index (Phi) is 5.94. The van der Waals surface area contributed by atoms with Gasteiger partial charge in [0.2, 0.25) is 5.78 Å². The molecule has 0 saturated carbocycles. The molecule has 2 aromatic carbocycles. The van der Waals surface area contributed by atoms with Gasteiger partial charge in [-0.05, 0) is 37.6 Å². The van der Waals surface area contributed by atoms with E-state index in [0.29, 0.717) is 23.4 Å². The Morgan fingerprint density at radius 1 is 0.964 bits per heavy atom. The van der Waals surface area contributed by atoms with E-state index in [1.54, 1.807) is 25.2 Å². The summed E-state index contributed by atoms with van der Waals surface area (Å²) in [7, 11) is 1.73. The molecule has 0 aliphatic carbocycles. The molecule has 3 rings (SSSR count). The zero-order valence-corrected chi connectivity index (χ0v) is 16.4. The molecule has 0 radical (unpaired) electrons. The number of aromatic nitrogens is 1. The van der Waals surface area contributed by atoms with Gasteiger partial charge in [0.05, 0.1) is 5.56 Å². The lowest BCUT2D eigenvalue weighted by Crippen LogP contribution is -2.16. The van der Waals surface area contributed by atoms with Crippen LogP contribution in [0.4, 0.5) is 5.69 Å². The molecule has 0 aliphatic rings. The Morgan fingerprint density at radius 2 is 1.64 bits per heavy atom. The highest BCUT2D eigenvalue weighted by Gasteiger charge is 2.19. The third-order valence-corrected chi connectivity index (χ3v) is 4.81. The van der Waals surface area contributed by atoms with Crippen LogP contribution in [0.25, 0.3) is 0 Å². The number of esters is 1.